The highest BCUT2D eigenvalue weighted by Crippen LogP contribution is 2.38. The van der Waals surface area contributed by atoms with Gasteiger partial charge in [0.05, 0.1) is 29.4 Å². The van der Waals surface area contributed by atoms with Crippen molar-refractivity contribution in [2.24, 2.45) is 0 Å². The number of hydrogen-bond donors (Lipinski definition) is 2. The monoisotopic (exact) mass is 488 g/mol. The predicted octanol–water partition coefficient (Wildman–Crippen LogP) is 4.45. The molecule has 5 rings (SSSR count). The number of alkyl halides is 2. The number of aromatic nitrogens is 2. The van der Waals surface area contributed by atoms with Crippen LogP contribution in [0.5, 0.6) is 5.75 Å². The number of hydrogen-bond acceptors (Lipinski definition) is 5. The second-order valence-corrected chi connectivity index (χ2v) is 9.20. The van der Waals surface area contributed by atoms with E-state index >= 15 is 0 Å². The highest BCUT2D eigenvalue weighted by Gasteiger charge is 2.29. The van der Waals surface area contributed by atoms with Gasteiger partial charge in [-0.2, -0.15) is 13.9 Å². The molecule has 0 unspecified atom stereocenters. The standard InChI is InChI=1S/C25H27F3N4O3/c26-16-10-15(11-20(12-16)35-25(27)28)22-2-1-8-31(22)18-7-9-32-23(13-18)21(14-29-32)24(34)30-17-3-5-19(33)6-4-17/h7,9-14,17,19,22,25,33H,1-6,8H2,(H,30,34)/t17-,19-,22-/m1/s1. The zero-order valence-electron chi connectivity index (χ0n) is 19.0. The lowest BCUT2D eigenvalue weighted by molar-refractivity contribution is -0.0500. The predicted molar refractivity (Wildman–Crippen MR) is 123 cm³/mol. The Kier molecular flexibility index (Phi) is 6.55. The van der Waals surface area contributed by atoms with Gasteiger partial charge in [-0.3, -0.25) is 4.79 Å². The maximum Gasteiger partial charge on any atom is 0.387 e. The fraction of sp³-hybridized carbons (Fsp3) is 0.440. The Bertz CT molecular complexity index is 1210. The molecule has 0 radical (unpaired) electrons. The number of carbonyl (C=O) groups excluding carboxylic acids is 1. The van der Waals surface area contributed by atoms with Gasteiger partial charge in [0.15, 0.2) is 0 Å². The summed E-state index contributed by atoms with van der Waals surface area (Å²) in [5.41, 5.74) is 2.48. The van der Waals surface area contributed by atoms with E-state index in [-0.39, 0.29) is 29.8 Å². The molecule has 10 heteroatoms. The third-order valence-electron chi connectivity index (χ3n) is 6.87. The van der Waals surface area contributed by atoms with Gasteiger partial charge < -0.3 is 20.1 Å². The number of fused-ring (bicyclic) bond motifs is 1. The molecule has 2 aromatic heterocycles. The molecule has 1 aliphatic heterocycles. The van der Waals surface area contributed by atoms with E-state index in [1.807, 2.05) is 12.1 Å². The van der Waals surface area contributed by atoms with Crippen molar-refractivity contribution in [3.05, 3.63) is 59.7 Å². The molecule has 1 aromatic carbocycles. The van der Waals surface area contributed by atoms with Crippen molar-refractivity contribution in [3.63, 3.8) is 0 Å². The number of anilines is 1. The van der Waals surface area contributed by atoms with Crippen molar-refractivity contribution < 1.29 is 27.8 Å². The molecule has 2 aliphatic rings. The Morgan fingerprint density at radius 1 is 1.14 bits per heavy atom. The molecule has 186 valence electrons. The Morgan fingerprint density at radius 2 is 1.94 bits per heavy atom. The van der Waals surface area contributed by atoms with Gasteiger partial charge in [-0.15, -0.1) is 0 Å². The van der Waals surface area contributed by atoms with Crippen molar-refractivity contribution in [2.45, 2.75) is 63.3 Å². The zero-order chi connectivity index (χ0) is 24.5. The highest BCUT2D eigenvalue weighted by atomic mass is 19.3. The van der Waals surface area contributed by atoms with Crippen LogP contribution in [0.4, 0.5) is 18.9 Å². The molecule has 35 heavy (non-hydrogen) atoms. The van der Waals surface area contributed by atoms with E-state index in [9.17, 15) is 23.1 Å². The number of nitrogens with zero attached hydrogens (tertiary/aromatic N) is 3. The number of halogens is 3. The molecule has 1 saturated carbocycles. The van der Waals surface area contributed by atoms with E-state index in [2.05, 4.69) is 20.1 Å². The molecular weight excluding hydrogens is 461 g/mol. The first-order chi connectivity index (χ1) is 16.9. The molecule has 0 spiro atoms. The number of nitrogens with one attached hydrogen (secondary N) is 1. The Balaban J connectivity index is 1.40. The van der Waals surface area contributed by atoms with Gasteiger partial charge in [-0.05, 0) is 68.4 Å². The highest BCUT2D eigenvalue weighted by molar-refractivity contribution is 6.01. The smallest absolute Gasteiger partial charge is 0.387 e. The van der Waals surface area contributed by atoms with Crippen molar-refractivity contribution in [1.82, 2.24) is 14.9 Å². The van der Waals surface area contributed by atoms with E-state index in [1.165, 1.54) is 18.3 Å². The second kappa shape index (κ2) is 9.77. The van der Waals surface area contributed by atoms with Gasteiger partial charge in [-0.25, -0.2) is 8.91 Å². The Hall–Kier alpha value is -3.27. The molecule has 1 aliphatic carbocycles. The Morgan fingerprint density at radius 3 is 2.71 bits per heavy atom. The summed E-state index contributed by atoms with van der Waals surface area (Å²) in [6.45, 7) is -2.33. The van der Waals surface area contributed by atoms with Crippen molar-refractivity contribution in [2.75, 3.05) is 11.4 Å². The quantitative estimate of drug-likeness (QED) is 0.536. The maximum atomic E-state index is 14.2. The topological polar surface area (TPSA) is 79.1 Å². The van der Waals surface area contributed by atoms with Gasteiger partial charge in [0.2, 0.25) is 0 Å². The fourth-order valence-electron chi connectivity index (χ4n) is 5.18. The van der Waals surface area contributed by atoms with Gasteiger partial charge in [0.1, 0.15) is 11.6 Å². The van der Waals surface area contributed by atoms with E-state index in [1.54, 1.807) is 10.7 Å². The number of benzene rings is 1. The summed E-state index contributed by atoms with van der Waals surface area (Å²) >= 11 is 0. The van der Waals surface area contributed by atoms with E-state index in [0.29, 0.717) is 36.0 Å². The van der Waals surface area contributed by atoms with E-state index in [4.69, 9.17) is 0 Å². The van der Waals surface area contributed by atoms with Crippen molar-refractivity contribution in [3.8, 4) is 5.75 Å². The van der Waals surface area contributed by atoms with Crippen LogP contribution in [0.15, 0.2) is 42.7 Å². The first-order valence-electron chi connectivity index (χ1n) is 11.9. The van der Waals surface area contributed by atoms with Crippen LogP contribution >= 0.6 is 0 Å². The number of ether oxygens (including phenoxy) is 1. The van der Waals surface area contributed by atoms with E-state index < -0.39 is 12.4 Å². The molecule has 0 bridgehead atoms. The van der Waals surface area contributed by atoms with Crippen molar-refractivity contribution in [1.29, 1.82) is 0 Å². The van der Waals surface area contributed by atoms with Gasteiger partial charge >= 0.3 is 6.61 Å². The third kappa shape index (κ3) is 5.07. The minimum atomic E-state index is -3.03. The first kappa shape index (κ1) is 23.5. The average Bonchev–Trinajstić information content (AvgIpc) is 3.46. The van der Waals surface area contributed by atoms with Crippen LogP contribution in [0.2, 0.25) is 0 Å². The number of carbonyl (C=O) groups is 1. The molecular formula is C25H27F3N4O3. The molecule has 1 amide bonds. The molecule has 1 atom stereocenters. The zero-order valence-corrected chi connectivity index (χ0v) is 19.0. The number of aliphatic hydroxyl groups is 1. The summed E-state index contributed by atoms with van der Waals surface area (Å²) in [5.74, 6) is -1.05. The number of amides is 1. The third-order valence-corrected chi connectivity index (χ3v) is 6.87. The van der Waals surface area contributed by atoms with Crippen LogP contribution in [0, 0.1) is 5.82 Å². The van der Waals surface area contributed by atoms with Crippen LogP contribution in [-0.4, -0.2) is 45.9 Å². The van der Waals surface area contributed by atoms with Crippen LogP contribution in [0.3, 0.4) is 0 Å². The second-order valence-electron chi connectivity index (χ2n) is 9.20. The van der Waals surface area contributed by atoms with Crippen LogP contribution in [0.1, 0.15) is 60.5 Å². The lowest BCUT2D eigenvalue weighted by atomic mass is 9.93. The molecule has 3 aromatic rings. The lowest BCUT2D eigenvalue weighted by Gasteiger charge is -2.28. The van der Waals surface area contributed by atoms with Gasteiger partial charge in [-0.1, -0.05) is 0 Å². The lowest BCUT2D eigenvalue weighted by Crippen LogP contribution is -2.38. The van der Waals surface area contributed by atoms with Crippen LogP contribution < -0.4 is 15.0 Å². The Labute approximate surface area is 200 Å². The van der Waals surface area contributed by atoms with Gasteiger partial charge in [0, 0.05) is 30.5 Å². The minimum absolute atomic E-state index is 0.0182. The first-order valence-corrected chi connectivity index (χ1v) is 11.9. The maximum absolute atomic E-state index is 14.2. The molecule has 1 saturated heterocycles. The molecule has 7 nitrogen and oxygen atoms in total. The number of rotatable bonds is 6. The summed E-state index contributed by atoms with van der Waals surface area (Å²) in [4.78, 5) is 15.1. The summed E-state index contributed by atoms with van der Waals surface area (Å²) in [6, 6.07) is 7.30. The summed E-state index contributed by atoms with van der Waals surface area (Å²) in [6.07, 6.45) is 7.39. The average molecular weight is 489 g/mol. The van der Waals surface area contributed by atoms with Crippen LogP contribution in [0.25, 0.3) is 5.52 Å². The number of pyridine rings is 1. The summed E-state index contributed by atoms with van der Waals surface area (Å²) in [7, 11) is 0. The van der Waals surface area contributed by atoms with Crippen molar-refractivity contribution >= 4 is 17.1 Å². The molecule has 3 heterocycles. The molecule has 2 fully saturated rings. The molecule has 2 N–H and O–H groups in total. The van der Waals surface area contributed by atoms with Gasteiger partial charge in [0.25, 0.3) is 5.91 Å². The largest absolute Gasteiger partial charge is 0.435 e. The summed E-state index contributed by atoms with van der Waals surface area (Å²) in [5, 5.41) is 17.1. The fourth-order valence-corrected chi connectivity index (χ4v) is 5.18. The number of aliphatic hydroxyl groups excluding tert-OH is 1. The van der Waals surface area contributed by atoms with E-state index in [0.717, 1.165) is 37.4 Å². The normalized spacial score (nSPS) is 22.7. The minimum Gasteiger partial charge on any atom is -0.435 e. The van der Waals surface area contributed by atoms with Crippen LogP contribution in [-0.2, 0) is 0 Å². The SMILES string of the molecule is O=C(N[C@H]1CC[C@H](O)CC1)c1cnn2ccc(N3CCC[C@@H]3c3cc(F)cc(OC(F)F)c3)cc12. The summed E-state index contributed by atoms with van der Waals surface area (Å²) < 4.78 is 45.6.